The van der Waals surface area contributed by atoms with Crippen LogP contribution in [0.4, 0.5) is 0 Å². The van der Waals surface area contributed by atoms with Gasteiger partial charge in [0.25, 0.3) is 5.56 Å². The molecule has 0 radical (unpaired) electrons. The van der Waals surface area contributed by atoms with Crippen molar-refractivity contribution >= 4 is 0 Å². The third-order valence-electron chi connectivity index (χ3n) is 2.25. The Balaban J connectivity index is 2.48. The highest BCUT2D eigenvalue weighted by Crippen LogP contribution is 2.14. The summed E-state index contributed by atoms with van der Waals surface area (Å²) in [7, 11) is 0. The van der Waals surface area contributed by atoms with Crippen molar-refractivity contribution in [1.82, 2.24) is 14.8 Å². The Kier molecular flexibility index (Phi) is 2.41. The zero-order valence-corrected chi connectivity index (χ0v) is 8.77. The second-order valence-electron chi connectivity index (χ2n) is 3.71. The number of aromatic amines is 1. The maximum Gasteiger partial charge on any atom is 0.267 e. The van der Waals surface area contributed by atoms with Gasteiger partial charge < -0.3 is 0 Å². The summed E-state index contributed by atoms with van der Waals surface area (Å²) in [6, 6.07) is 5.49. The van der Waals surface area contributed by atoms with E-state index in [1.54, 1.807) is 23.1 Å². The maximum atomic E-state index is 11.6. The standard InChI is InChI=1S/C11H13N3O/c1-8(2)14-11(15)7-10(13-14)9-3-5-12-6-4-9/h3-8,13H,1-2H3. The first-order valence-corrected chi connectivity index (χ1v) is 4.90. The van der Waals surface area contributed by atoms with Crippen molar-refractivity contribution in [3.8, 4) is 11.3 Å². The molecule has 4 heteroatoms. The van der Waals surface area contributed by atoms with Gasteiger partial charge in [-0.3, -0.25) is 19.6 Å². The van der Waals surface area contributed by atoms with Gasteiger partial charge in [-0.1, -0.05) is 0 Å². The van der Waals surface area contributed by atoms with Gasteiger partial charge in [-0.15, -0.1) is 0 Å². The van der Waals surface area contributed by atoms with Crippen LogP contribution >= 0.6 is 0 Å². The van der Waals surface area contributed by atoms with Gasteiger partial charge in [0, 0.05) is 30.1 Å². The zero-order valence-electron chi connectivity index (χ0n) is 8.77. The third-order valence-corrected chi connectivity index (χ3v) is 2.25. The van der Waals surface area contributed by atoms with Gasteiger partial charge in [-0.2, -0.15) is 0 Å². The molecule has 0 amide bonds. The molecular formula is C11H13N3O. The predicted octanol–water partition coefficient (Wildman–Crippen LogP) is 1.82. The first-order valence-electron chi connectivity index (χ1n) is 4.90. The van der Waals surface area contributed by atoms with Crippen LogP contribution in [0.1, 0.15) is 19.9 Å². The lowest BCUT2D eigenvalue weighted by molar-refractivity contribution is 0.518. The number of rotatable bonds is 2. The fourth-order valence-corrected chi connectivity index (χ4v) is 1.47. The number of aromatic nitrogens is 3. The SMILES string of the molecule is CC(C)n1[nH]c(-c2ccncc2)cc1=O. The highest BCUT2D eigenvalue weighted by molar-refractivity contribution is 5.57. The van der Waals surface area contributed by atoms with Gasteiger partial charge >= 0.3 is 0 Å². The topological polar surface area (TPSA) is 50.7 Å². The normalized spacial score (nSPS) is 10.9. The lowest BCUT2D eigenvalue weighted by atomic mass is 10.2. The van der Waals surface area contributed by atoms with Crippen LogP contribution in [0.25, 0.3) is 11.3 Å². The molecule has 4 nitrogen and oxygen atoms in total. The van der Waals surface area contributed by atoms with Crippen molar-refractivity contribution in [1.29, 1.82) is 0 Å². The molecule has 15 heavy (non-hydrogen) atoms. The van der Waals surface area contributed by atoms with Gasteiger partial charge in [0.2, 0.25) is 0 Å². The Bertz CT molecular complexity index is 496. The number of nitrogens with zero attached hydrogens (tertiary/aromatic N) is 2. The molecule has 2 rings (SSSR count). The van der Waals surface area contributed by atoms with Crippen LogP contribution in [0.2, 0.25) is 0 Å². The molecule has 0 bridgehead atoms. The number of hydrogen-bond donors (Lipinski definition) is 1. The van der Waals surface area contributed by atoms with E-state index >= 15 is 0 Å². The average molecular weight is 203 g/mol. The van der Waals surface area contributed by atoms with Gasteiger partial charge in [0.05, 0.1) is 5.69 Å². The van der Waals surface area contributed by atoms with E-state index in [9.17, 15) is 4.79 Å². The largest absolute Gasteiger partial charge is 0.295 e. The first kappa shape index (κ1) is 9.71. The van der Waals surface area contributed by atoms with E-state index < -0.39 is 0 Å². The minimum Gasteiger partial charge on any atom is -0.295 e. The van der Waals surface area contributed by atoms with Gasteiger partial charge in [0.1, 0.15) is 0 Å². The van der Waals surface area contributed by atoms with Gasteiger partial charge in [0.15, 0.2) is 0 Å². The molecule has 2 heterocycles. The van der Waals surface area contributed by atoms with Crippen LogP contribution in [-0.4, -0.2) is 14.8 Å². The summed E-state index contributed by atoms with van der Waals surface area (Å²) in [6.45, 7) is 3.93. The van der Waals surface area contributed by atoms with Crippen molar-refractivity contribution < 1.29 is 0 Å². The molecule has 0 atom stereocenters. The molecule has 0 saturated heterocycles. The number of nitrogens with one attached hydrogen (secondary N) is 1. The first-order chi connectivity index (χ1) is 7.18. The average Bonchev–Trinajstić information content (AvgIpc) is 2.62. The van der Waals surface area contributed by atoms with Crippen molar-refractivity contribution in [2.75, 3.05) is 0 Å². The second-order valence-corrected chi connectivity index (χ2v) is 3.71. The minimum absolute atomic E-state index is 0.00295. The monoisotopic (exact) mass is 203 g/mol. The Morgan fingerprint density at radius 2 is 2.00 bits per heavy atom. The number of hydrogen-bond acceptors (Lipinski definition) is 2. The molecule has 0 aliphatic rings. The van der Waals surface area contributed by atoms with Crippen molar-refractivity contribution in [2.45, 2.75) is 19.9 Å². The molecule has 0 aliphatic carbocycles. The Hall–Kier alpha value is -1.84. The molecule has 0 aliphatic heterocycles. The van der Waals surface area contributed by atoms with Crippen molar-refractivity contribution in [3.05, 3.63) is 40.9 Å². The summed E-state index contributed by atoms with van der Waals surface area (Å²) < 4.78 is 1.61. The quantitative estimate of drug-likeness (QED) is 0.809. The van der Waals surface area contributed by atoms with Crippen LogP contribution < -0.4 is 5.56 Å². The molecule has 0 spiro atoms. The summed E-state index contributed by atoms with van der Waals surface area (Å²) in [5, 5.41) is 3.07. The Morgan fingerprint density at radius 1 is 1.33 bits per heavy atom. The smallest absolute Gasteiger partial charge is 0.267 e. The van der Waals surface area contributed by atoms with Crippen LogP contribution in [0, 0.1) is 0 Å². The molecule has 0 aromatic carbocycles. The van der Waals surface area contributed by atoms with Gasteiger partial charge in [-0.05, 0) is 26.0 Å². The molecule has 0 unspecified atom stereocenters. The summed E-state index contributed by atoms with van der Waals surface area (Å²) in [5.41, 5.74) is 1.80. The fourth-order valence-electron chi connectivity index (χ4n) is 1.47. The maximum absolute atomic E-state index is 11.6. The molecule has 0 saturated carbocycles. The van der Waals surface area contributed by atoms with E-state index in [1.807, 2.05) is 26.0 Å². The van der Waals surface area contributed by atoms with Crippen LogP contribution in [-0.2, 0) is 0 Å². The Morgan fingerprint density at radius 3 is 2.53 bits per heavy atom. The summed E-state index contributed by atoms with van der Waals surface area (Å²) in [5.74, 6) is 0. The van der Waals surface area contributed by atoms with E-state index in [-0.39, 0.29) is 11.6 Å². The predicted molar refractivity (Wildman–Crippen MR) is 58.7 cm³/mol. The van der Waals surface area contributed by atoms with Crippen LogP contribution in [0.15, 0.2) is 35.4 Å². The lowest BCUT2D eigenvalue weighted by Gasteiger charge is -2.04. The van der Waals surface area contributed by atoms with Gasteiger partial charge in [-0.25, -0.2) is 0 Å². The summed E-state index contributed by atoms with van der Waals surface area (Å²) in [6.07, 6.45) is 3.42. The molecule has 78 valence electrons. The third kappa shape index (κ3) is 1.83. The van der Waals surface area contributed by atoms with E-state index in [1.165, 1.54) is 0 Å². The van der Waals surface area contributed by atoms with Crippen molar-refractivity contribution in [3.63, 3.8) is 0 Å². The minimum atomic E-state index is -0.00295. The molecule has 1 N–H and O–H groups in total. The van der Waals surface area contributed by atoms with Crippen molar-refractivity contribution in [2.24, 2.45) is 0 Å². The van der Waals surface area contributed by atoms with Crippen LogP contribution in [0.3, 0.4) is 0 Å². The second kappa shape index (κ2) is 3.73. The number of pyridine rings is 1. The highest BCUT2D eigenvalue weighted by atomic mass is 16.1. The molecular weight excluding hydrogens is 190 g/mol. The number of H-pyrrole nitrogens is 1. The summed E-state index contributed by atoms with van der Waals surface area (Å²) in [4.78, 5) is 15.5. The molecule has 2 aromatic heterocycles. The Labute approximate surface area is 87.6 Å². The van der Waals surface area contributed by atoms with Crippen LogP contribution in [0.5, 0.6) is 0 Å². The van der Waals surface area contributed by atoms with E-state index in [0.29, 0.717) is 0 Å². The van der Waals surface area contributed by atoms with E-state index in [0.717, 1.165) is 11.3 Å². The van der Waals surface area contributed by atoms with E-state index in [4.69, 9.17) is 0 Å². The summed E-state index contributed by atoms with van der Waals surface area (Å²) >= 11 is 0. The lowest BCUT2D eigenvalue weighted by Crippen LogP contribution is -2.17. The zero-order chi connectivity index (χ0) is 10.8. The highest BCUT2D eigenvalue weighted by Gasteiger charge is 2.06. The van der Waals surface area contributed by atoms with E-state index in [2.05, 4.69) is 10.1 Å². The molecule has 0 fully saturated rings. The molecule has 2 aromatic rings. The fraction of sp³-hybridized carbons (Fsp3) is 0.273.